The van der Waals surface area contributed by atoms with Crippen LogP contribution in [-0.2, 0) is 18.3 Å². The second-order valence-electron chi connectivity index (χ2n) is 10.1. The van der Waals surface area contributed by atoms with Crippen LogP contribution < -0.4 is 26.2 Å². The zero-order valence-electron chi connectivity index (χ0n) is 23.1. The topological polar surface area (TPSA) is 124 Å². The lowest BCUT2D eigenvalue weighted by atomic mass is 10.2. The number of anilines is 2. The molecule has 1 unspecified atom stereocenters. The van der Waals surface area contributed by atoms with Crippen LogP contribution in [0.15, 0.2) is 56.9 Å². The molecule has 40 heavy (non-hydrogen) atoms. The van der Waals surface area contributed by atoms with Gasteiger partial charge in [0.1, 0.15) is 30.4 Å². The number of methoxy groups -OCH3 is 1. The number of benzene rings is 1. The lowest BCUT2D eigenvalue weighted by Gasteiger charge is -2.39. The molecule has 1 saturated heterocycles. The van der Waals surface area contributed by atoms with Gasteiger partial charge in [-0.2, -0.15) is 4.98 Å². The normalized spacial score (nSPS) is 16.9. The summed E-state index contributed by atoms with van der Waals surface area (Å²) in [5, 5.41) is 1.49. The number of hydrogen-bond donors (Lipinski definition) is 1. The highest BCUT2D eigenvalue weighted by Gasteiger charge is 2.32. The highest BCUT2D eigenvalue weighted by Crippen LogP contribution is 2.27. The van der Waals surface area contributed by atoms with Gasteiger partial charge in [0.25, 0.3) is 0 Å². The summed E-state index contributed by atoms with van der Waals surface area (Å²) in [6.45, 7) is 7.60. The van der Waals surface area contributed by atoms with Crippen molar-refractivity contribution in [2.75, 3.05) is 63.1 Å². The number of aryl methyl sites for hydroxylation is 1. The molecular weight excluding hydrogens is 514 g/mol. The standard InChI is InChI=1S/C27H35N9O4/c1-19(32-10-12-33(13-11-32)20-6-8-21(9-7-20)39-16-15-38-3)17-34-26-30-25-24(36(26)31(2)27(34)37)23(29-18-35(25)28)22-5-4-14-40-22/h4-9,14,19H,10-13,15-18,28H2,1-3H3. The third-order valence-corrected chi connectivity index (χ3v) is 7.64. The molecule has 1 atom stereocenters. The number of nitrogens with zero attached hydrogens (tertiary/aromatic N) is 8. The SMILES string of the molecule is COCCOc1ccc(N2CCN(C(C)Cn3c(=O)n(C)n4c5c(nc34)N(N)CN=C5c3ccco3)CC2)cc1. The summed E-state index contributed by atoms with van der Waals surface area (Å²) in [6.07, 6.45) is 1.60. The summed E-state index contributed by atoms with van der Waals surface area (Å²) in [6, 6.07) is 12.0. The Balaban J connectivity index is 1.17. The Morgan fingerprint density at radius 2 is 1.88 bits per heavy atom. The molecule has 5 heterocycles. The van der Waals surface area contributed by atoms with Crippen LogP contribution in [0.2, 0.25) is 0 Å². The van der Waals surface area contributed by atoms with E-state index >= 15 is 0 Å². The van der Waals surface area contributed by atoms with E-state index in [1.54, 1.807) is 34.2 Å². The Kier molecular flexibility index (Phi) is 7.09. The fourth-order valence-corrected chi connectivity index (χ4v) is 5.45. The van der Waals surface area contributed by atoms with Crippen LogP contribution in [0.1, 0.15) is 18.4 Å². The molecule has 3 aromatic heterocycles. The molecule has 212 valence electrons. The van der Waals surface area contributed by atoms with Crippen LogP contribution in [0.5, 0.6) is 5.75 Å². The van der Waals surface area contributed by atoms with Crippen LogP contribution in [0.25, 0.3) is 5.78 Å². The van der Waals surface area contributed by atoms with E-state index in [1.807, 2.05) is 24.3 Å². The number of piperazine rings is 1. The first-order chi connectivity index (χ1) is 19.5. The fraction of sp³-hybridized carbons (Fsp3) is 0.444. The zero-order valence-corrected chi connectivity index (χ0v) is 23.1. The fourth-order valence-electron chi connectivity index (χ4n) is 5.45. The van der Waals surface area contributed by atoms with Crippen LogP contribution >= 0.6 is 0 Å². The number of aliphatic imine (C=N–C) groups is 1. The van der Waals surface area contributed by atoms with Crippen molar-refractivity contribution in [1.29, 1.82) is 0 Å². The molecule has 0 amide bonds. The predicted molar refractivity (Wildman–Crippen MR) is 151 cm³/mol. The quantitative estimate of drug-likeness (QED) is 0.242. The van der Waals surface area contributed by atoms with E-state index in [1.165, 1.54) is 10.7 Å². The molecule has 2 aliphatic rings. The average molecular weight is 550 g/mol. The van der Waals surface area contributed by atoms with E-state index in [-0.39, 0.29) is 18.4 Å². The summed E-state index contributed by atoms with van der Waals surface area (Å²) < 4.78 is 21.4. The minimum absolute atomic E-state index is 0.128. The first kappa shape index (κ1) is 26.2. The largest absolute Gasteiger partial charge is 0.491 e. The molecule has 0 bridgehead atoms. The number of imidazole rings is 1. The molecule has 0 radical (unpaired) electrons. The first-order valence-corrected chi connectivity index (χ1v) is 13.5. The molecule has 2 N–H and O–H groups in total. The van der Waals surface area contributed by atoms with Crippen molar-refractivity contribution in [3.05, 3.63) is 64.6 Å². The molecule has 1 fully saturated rings. The van der Waals surface area contributed by atoms with Gasteiger partial charge >= 0.3 is 5.69 Å². The van der Waals surface area contributed by atoms with Gasteiger partial charge in [0.2, 0.25) is 5.78 Å². The van der Waals surface area contributed by atoms with Gasteiger partial charge < -0.3 is 18.8 Å². The van der Waals surface area contributed by atoms with Crippen molar-refractivity contribution < 1.29 is 13.9 Å². The number of fused-ring (bicyclic) bond motifs is 3. The van der Waals surface area contributed by atoms with Gasteiger partial charge in [-0.15, -0.1) is 0 Å². The van der Waals surface area contributed by atoms with E-state index in [0.29, 0.717) is 48.5 Å². The number of aromatic nitrogens is 4. The summed E-state index contributed by atoms with van der Waals surface area (Å²) in [4.78, 5) is 27.6. The van der Waals surface area contributed by atoms with Gasteiger partial charge in [-0.05, 0) is 43.3 Å². The summed E-state index contributed by atoms with van der Waals surface area (Å²) >= 11 is 0. The summed E-state index contributed by atoms with van der Waals surface area (Å²) in [5.74, 6) is 8.79. The maximum atomic E-state index is 13.4. The van der Waals surface area contributed by atoms with Crippen molar-refractivity contribution in [3.63, 3.8) is 0 Å². The average Bonchev–Trinajstić information content (AvgIpc) is 3.70. The molecule has 13 nitrogen and oxygen atoms in total. The summed E-state index contributed by atoms with van der Waals surface area (Å²) in [5.41, 5.74) is 2.31. The van der Waals surface area contributed by atoms with Crippen LogP contribution in [0.3, 0.4) is 0 Å². The zero-order chi connectivity index (χ0) is 27.8. The van der Waals surface area contributed by atoms with Gasteiger partial charge in [0, 0.05) is 58.6 Å². The second-order valence-corrected chi connectivity index (χ2v) is 10.1. The molecule has 4 aromatic rings. The molecule has 2 aliphatic heterocycles. The van der Waals surface area contributed by atoms with Gasteiger partial charge in [0.05, 0.1) is 12.9 Å². The van der Waals surface area contributed by atoms with E-state index in [2.05, 4.69) is 33.8 Å². The minimum Gasteiger partial charge on any atom is -0.491 e. The monoisotopic (exact) mass is 549 g/mol. The highest BCUT2D eigenvalue weighted by molar-refractivity contribution is 6.14. The van der Waals surface area contributed by atoms with Crippen molar-refractivity contribution in [2.45, 2.75) is 19.5 Å². The van der Waals surface area contributed by atoms with Crippen molar-refractivity contribution in [3.8, 4) is 5.75 Å². The van der Waals surface area contributed by atoms with E-state index < -0.39 is 0 Å². The van der Waals surface area contributed by atoms with Crippen LogP contribution in [0.4, 0.5) is 11.5 Å². The number of nitrogens with two attached hydrogens (primary N) is 1. The molecular formula is C27H35N9O4. The molecule has 6 rings (SSSR count). The highest BCUT2D eigenvalue weighted by atomic mass is 16.5. The van der Waals surface area contributed by atoms with Gasteiger partial charge in [-0.25, -0.2) is 19.8 Å². The number of hydrogen-bond acceptors (Lipinski definition) is 10. The Bertz CT molecular complexity index is 1540. The molecule has 13 heteroatoms. The van der Waals surface area contributed by atoms with E-state index in [9.17, 15) is 4.79 Å². The van der Waals surface area contributed by atoms with Crippen molar-refractivity contribution in [2.24, 2.45) is 17.9 Å². The number of furan rings is 1. The predicted octanol–water partition coefficient (Wildman–Crippen LogP) is 1.15. The van der Waals surface area contributed by atoms with Gasteiger partial charge in [-0.1, -0.05) is 0 Å². The lowest BCUT2D eigenvalue weighted by Crippen LogP contribution is -2.51. The molecule has 0 spiro atoms. The van der Waals surface area contributed by atoms with E-state index in [0.717, 1.165) is 31.9 Å². The summed E-state index contributed by atoms with van der Waals surface area (Å²) in [7, 11) is 3.40. The minimum atomic E-state index is -0.142. The first-order valence-electron chi connectivity index (χ1n) is 13.5. The molecule has 1 aromatic carbocycles. The Labute approximate surface area is 231 Å². The van der Waals surface area contributed by atoms with Crippen molar-refractivity contribution >= 4 is 23.0 Å². The lowest BCUT2D eigenvalue weighted by molar-refractivity contribution is 0.146. The third-order valence-electron chi connectivity index (χ3n) is 7.64. The van der Waals surface area contributed by atoms with E-state index in [4.69, 9.17) is 24.7 Å². The maximum absolute atomic E-state index is 13.4. The Hall–Kier alpha value is -4.07. The third kappa shape index (κ3) is 4.65. The van der Waals surface area contributed by atoms with Crippen LogP contribution in [0, 0.1) is 0 Å². The number of ether oxygens (including phenoxy) is 2. The second kappa shape index (κ2) is 10.8. The Morgan fingerprint density at radius 3 is 2.58 bits per heavy atom. The molecule has 0 aliphatic carbocycles. The Morgan fingerprint density at radius 1 is 1.10 bits per heavy atom. The van der Waals surface area contributed by atoms with Gasteiger partial charge in [0.15, 0.2) is 11.6 Å². The number of hydrazine groups is 1. The molecule has 0 saturated carbocycles. The van der Waals surface area contributed by atoms with Crippen molar-refractivity contribution in [1.82, 2.24) is 23.6 Å². The van der Waals surface area contributed by atoms with Crippen LogP contribution in [-0.4, -0.2) is 88.6 Å². The number of rotatable bonds is 9. The maximum Gasteiger partial charge on any atom is 0.345 e. The van der Waals surface area contributed by atoms with Gasteiger partial charge in [-0.3, -0.25) is 19.5 Å². The smallest absolute Gasteiger partial charge is 0.345 e.